The Morgan fingerprint density at radius 3 is 2.48 bits per heavy atom. The Morgan fingerprint density at radius 2 is 1.85 bits per heavy atom. The molecule has 2 heterocycles. The molecule has 0 fully saturated rings. The highest BCUT2D eigenvalue weighted by atomic mass is 31.3. The van der Waals surface area contributed by atoms with Crippen LogP contribution >= 0.6 is 22.8 Å². The fraction of sp³-hybridized carbons (Fsp3) is 0.444. The Bertz CT molecular complexity index is 964. The van der Waals surface area contributed by atoms with Crippen LogP contribution in [0, 0.1) is 0 Å². The second-order valence-corrected chi connectivity index (χ2v) is 10.9. The lowest BCUT2D eigenvalue weighted by Gasteiger charge is -2.19. The first kappa shape index (κ1) is 22.0. The van der Waals surface area contributed by atoms with Crippen molar-refractivity contribution in [3.63, 3.8) is 0 Å². The van der Waals surface area contributed by atoms with E-state index in [1.165, 1.54) is 17.2 Å². The van der Waals surface area contributed by atoms with Crippen LogP contribution in [0.5, 0.6) is 0 Å². The van der Waals surface area contributed by atoms with Crippen molar-refractivity contribution in [3.05, 3.63) is 12.7 Å². The molecule has 3 unspecified atom stereocenters. The van der Waals surface area contributed by atoms with Crippen LogP contribution in [0.1, 0.15) is 0 Å². The largest absolute Gasteiger partial charge is 0.382 e. The van der Waals surface area contributed by atoms with Crippen LogP contribution in [0.25, 0.3) is 11.2 Å². The van der Waals surface area contributed by atoms with Crippen LogP contribution in [0.3, 0.4) is 0 Å². The molecule has 0 saturated carbocycles. The number of nitrogens with two attached hydrogens (primary N) is 1. The summed E-state index contributed by atoms with van der Waals surface area (Å²) in [5.41, 5.74) is 2.66. The van der Waals surface area contributed by atoms with Gasteiger partial charge in [0.1, 0.15) is 18.2 Å². The predicted octanol–water partition coefficient (Wildman–Crippen LogP) is 0.201. The van der Waals surface area contributed by atoms with E-state index in [-0.39, 0.29) is 19.0 Å². The zero-order valence-corrected chi connectivity index (χ0v) is 16.0. The number of fused-ring (bicyclic) bond motifs is 1. The van der Waals surface area contributed by atoms with Gasteiger partial charge in [-0.1, -0.05) is 0 Å². The molecule has 2 aromatic heterocycles. The van der Waals surface area contributed by atoms with Gasteiger partial charge in [0.15, 0.2) is 11.5 Å². The summed E-state index contributed by atoms with van der Waals surface area (Å²) >= 11 is 0. The Balaban J connectivity index is 1.92. The van der Waals surface area contributed by atoms with E-state index in [9.17, 15) is 23.0 Å². The molecule has 0 aromatic carbocycles. The van der Waals surface area contributed by atoms with Gasteiger partial charge in [-0.3, -0.25) is 13.7 Å². The number of hydrogen-bond donors (Lipinski definition) is 5. The van der Waals surface area contributed by atoms with Gasteiger partial charge < -0.3 is 34.6 Å². The summed E-state index contributed by atoms with van der Waals surface area (Å²) in [6.07, 6.45) is 1.44. The first-order valence-electron chi connectivity index (χ1n) is 6.87. The maximum Gasteiger partial charge on any atom is 0.381 e. The van der Waals surface area contributed by atoms with Gasteiger partial charge in [-0.2, -0.15) is 0 Å². The molecule has 6 N–H and O–H groups in total. The summed E-state index contributed by atoms with van der Waals surface area (Å²) in [5, 5.41) is 0. The van der Waals surface area contributed by atoms with Gasteiger partial charge in [0, 0.05) is 6.54 Å². The van der Waals surface area contributed by atoms with Crippen LogP contribution in [0.4, 0.5) is 10.2 Å². The second kappa shape index (κ2) is 8.00. The number of alkyl halides is 1. The van der Waals surface area contributed by atoms with E-state index in [1.54, 1.807) is 0 Å². The standard InChI is InChI=1S/C9H15FN5O9P3/c10-9(26(18,19)20)27(21,22)24-25(16,17)5-23-2-1-15-4-14-6-7(11)12-3-13-8(6)15/h3-4,9H,1-2,5H2,(H,16,17)(H,21,22)(H2,11,12,13)(H2,18,19,20). The maximum absolute atomic E-state index is 13.3. The highest BCUT2D eigenvalue weighted by molar-refractivity contribution is 7.75. The summed E-state index contributed by atoms with van der Waals surface area (Å²) in [6.45, 7) is -0.130. The first-order valence-corrected chi connectivity index (χ1v) is 12.0. The molecule has 0 aliphatic rings. The molecule has 2 aromatic rings. The Morgan fingerprint density at radius 1 is 1.19 bits per heavy atom. The SMILES string of the molecule is Nc1ncnc2c1ncn2CCOCP(=O)(O)OP(=O)(O)C(F)P(=O)(O)O. The summed E-state index contributed by atoms with van der Waals surface area (Å²) < 4.78 is 57.2. The quantitative estimate of drug-likeness (QED) is 0.255. The zero-order chi connectivity index (χ0) is 20.5. The Kier molecular flexibility index (Phi) is 6.52. The Labute approximate surface area is 150 Å². The zero-order valence-electron chi connectivity index (χ0n) is 13.3. The molecule has 152 valence electrons. The molecule has 0 spiro atoms. The lowest BCUT2D eigenvalue weighted by molar-refractivity contribution is 0.149. The lowest BCUT2D eigenvalue weighted by atomic mass is 10.5. The van der Waals surface area contributed by atoms with Crippen molar-refractivity contribution in [1.29, 1.82) is 0 Å². The van der Waals surface area contributed by atoms with Crippen molar-refractivity contribution in [2.45, 2.75) is 12.2 Å². The number of ether oxygens (including phenoxy) is 1. The number of nitrogen functional groups attached to an aromatic ring is 1. The number of imidazole rings is 1. The Hall–Kier alpha value is -1.27. The molecule has 0 bridgehead atoms. The second-order valence-electron chi connectivity index (χ2n) is 5.09. The van der Waals surface area contributed by atoms with Crippen molar-refractivity contribution in [2.75, 3.05) is 18.7 Å². The van der Waals surface area contributed by atoms with Gasteiger partial charge in [-0.15, -0.1) is 0 Å². The third kappa shape index (κ3) is 5.61. The van der Waals surface area contributed by atoms with E-state index in [1.807, 2.05) is 0 Å². The van der Waals surface area contributed by atoms with Gasteiger partial charge in [0.25, 0.3) is 5.65 Å². The number of rotatable bonds is 9. The number of halogens is 1. The van der Waals surface area contributed by atoms with E-state index in [0.717, 1.165) is 0 Å². The van der Waals surface area contributed by atoms with Crippen molar-refractivity contribution >= 4 is 39.8 Å². The third-order valence-corrected chi connectivity index (χ3v) is 8.29. The molecular formula is C9H15FN5O9P3. The predicted molar refractivity (Wildman–Crippen MR) is 88.2 cm³/mol. The van der Waals surface area contributed by atoms with E-state index >= 15 is 0 Å². The number of nitrogens with zero attached hydrogens (tertiary/aromatic N) is 4. The molecule has 0 radical (unpaired) electrons. The molecule has 0 amide bonds. The van der Waals surface area contributed by atoms with Gasteiger partial charge in [-0.25, -0.2) is 23.7 Å². The minimum atomic E-state index is -5.73. The van der Waals surface area contributed by atoms with Crippen LogP contribution in [0.2, 0.25) is 0 Å². The summed E-state index contributed by atoms with van der Waals surface area (Å²) in [4.78, 5) is 47.3. The van der Waals surface area contributed by atoms with E-state index < -0.39 is 34.8 Å². The van der Waals surface area contributed by atoms with Gasteiger partial charge in [-0.05, 0) is 0 Å². The fourth-order valence-corrected chi connectivity index (χ4v) is 6.06. The summed E-state index contributed by atoms with van der Waals surface area (Å²) in [7, 11) is -16.4. The normalized spacial score (nSPS) is 18.1. The van der Waals surface area contributed by atoms with E-state index in [2.05, 4.69) is 19.3 Å². The van der Waals surface area contributed by atoms with Crippen molar-refractivity contribution in [2.24, 2.45) is 0 Å². The fourth-order valence-electron chi connectivity index (χ4n) is 1.84. The lowest BCUT2D eigenvalue weighted by Crippen LogP contribution is -2.09. The number of anilines is 1. The maximum atomic E-state index is 13.3. The van der Waals surface area contributed by atoms with E-state index in [4.69, 9.17) is 25.2 Å². The molecule has 18 heteroatoms. The minimum absolute atomic E-state index is 0.0813. The van der Waals surface area contributed by atoms with Gasteiger partial charge in [0.2, 0.25) is 0 Å². The molecule has 3 atom stereocenters. The number of hydrogen-bond acceptors (Lipinski definition) is 9. The van der Waals surface area contributed by atoms with Crippen LogP contribution in [0.15, 0.2) is 12.7 Å². The average Bonchev–Trinajstić information content (AvgIpc) is 2.93. The number of aromatic nitrogens is 4. The molecule has 2 rings (SSSR count). The summed E-state index contributed by atoms with van der Waals surface area (Å²) in [5.74, 6) is 0.150. The average molecular weight is 449 g/mol. The molecule has 27 heavy (non-hydrogen) atoms. The summed E-state index contributed by atoms with van der Waals surface area (Å²) in [6, 6.07) is 0. The van der Waals surface area contributed by atoms with E-state index in [0.29, 0.717) is 11.2 Å². The molecule has 0 aliphatic heterocycles. The minimum Gasteiger partial charge on any atom is -0.382 e. The van der Waals surface area contributed by atoms with Gasteiger partial charge >= 0.3 is 22.8 Å². The van der Waals surface area contributed by atoms with Crippen LogP contribution in [-0.2, 0) is 29.3 Å². The third-order valence-electron chi connectivity index (χ3n) is 2.95. The highest BCUT2D eigenvalue weighted by Crippen LogP contribution is 2.69. The van der Waals surface area contributed by atoms with Crippen LogP contribution < -0.4 is 5.73 Å². The topological polar surface area (TPSA) is 220 Å². The van der Waals surface area contributed by atoms with Gasteiger partial charge in [0.05, 0.1) is 12.9 Å². The molecule has 14 nitrogen and oxygen atoms in total. The van der Waals surface area contributed by atoms with Crippen molar-refractivity contribution < 1.29 is 46.7 Å². The smallest absolute Gasteiger partial charge is 0.381 e. The molecular weight excluding hydrogens is 434 g/mol. The first-order chi connectivity index (χ1) is 12.3. The highest BCUT2D eigenvalue weighted by Gasteiger charge is 2.49. The van der Waals surface area contributed by atoms with Crippen molar-refractivity contribution in [3.8, 4) is 0 Å². The molecule has 0 aliphatic carbocycles. The monoisotopic (exact) mass is 449 g/mol. The van der Waals surface area contributed by atoms with Crippen molar-refractivity contribution in [1.82, 2.24) is 19.5 Å². The molecule has 0 saturated heterocycles. The van der Waals surface area contributed by atoms with Crippen LogP contribution in [-0.4, -0.2) is 57.7 Å².